The molecule has 0 aliphatic rings. The lowest BCUT2D eigenvalue weighted by atomic mass is 10.2. The first-order chi connectivity index (χ1) is 6.15. The van der Waals surface area contributed by atoms with Crippen LogP contribution in [0.2, 0.25) is 5.02 Å². The van der Waals surface area contributed by atoms with Crippen LogP contribution in [0.3, 0.4) is 0 Å². The van der Waals surface area contributed by atoms with E-state index in [0.717, 1.165) is 5.56 Å². The van der Waals surface area contributed by atoms with Crippen LogP contribution in [0, 0.1) is 6.92 Å². The molecule has 3 nitrogen and oxygen atoms in total. The average molecular weight is 203 g/mol. The molecule has 0 radical (unpaired) electrons. The molecular weight excluding hydrogens is 192 g/mol. The van der Waals surface area contributed by atoms with Gasteiger partial charge >= 0.3 is 0 Å². The summed E-state index contributed by atoms with van der Waals surface area (Å²) in [7, 11) is 1.52. The first-order valence-electron chi connectivity index (χ1n) is 3.76. The summed E-state index contributed by atoms with van der Waals surface area (Å²) in [5, 5.41) is 9.81. The van der Waals surface area contributed by atoms with Crippen molar-refractivity contribution in [3.05, 3.63) is 22.7 Å². The number of phenolic OH excluding ortho intramolecular Hbond substituents is 1. The SMILES string of the molecule is COCOc1cc(O)c(C)cc1Cl. The van der Waals surface area contributed by atoms with E-state index in [-0.39, 0.29) is 12.5 Å². The van der Waals surface area contributed by atoms with Crippen molar-refractivity contribution in [2.75, 3.05) is 13.9 Å². The van der Waals surface area contributed by atoms with E-state index < -0.39 is 0 Å². The molecule has 0 saturated carbocycles. The Morgan fingerprint density at radius 1 is 1.46 bits per heavy atom. The van der Waals surface area contributed by atoms with Crippen molar-refractivity contribution in [3.63, 3.8) is 0 Å². The van der Waals surface area contributed by atoms with Gasteiger partial charge in [-0.15, -0.1) is 0 Å². The molecule has 13 heavy (non-hydrogen) atoms. The Bertz CT molecular complexity index is 299. The molecule has 1 aromatic rings. The minimum absolute atomic E-state index is 0.113. The molecule has 1 aromatic carbocycles. The Kier molecular flexibility index (Phi) is 3.39. The third-order valence-electron chi connectivity index (χ3n) is 1.58. The van der Waals surface area contributed by atoms with E-state index in [1.165, 1.54) is 13.2 Å². The molecule has 1 N–H and O–H groups in total. The summed E-state index contributed by atoms with van der Waals surface area (Å²) in [6, 6.07) is 3.11. The molecule has 0 heterocycles. The molecule has 0 aliphatic heterocycles. The third-order valence-corrected chi connectivity index (χ3v) is 1.88. The maximum atomic E-state index is 9.34. The molecular formula is C9H11ClO3. The standard InChI is InChI=1S/C9H11ClO3/c1-6-3-7(10)9(4-8(6)11)13-5-12-2/h3-4,11H,5H2,1-2H3. The highest BCUT2D eigenvalue weighted by molar-refractivity contribution is 6.32. The van der Waals surface area contributed by atoms with Crippen LogP contribution in [-0.4, -0.2) is 19.0 Å². The zero-order valence-electron chi connectivity index (χ0n) is 7.50. The van der Waals surface area contributed by atoms with E-state index in [1.54, 1.807) is 13.0 Å². The fourth-order valence-electron chi connectivity index (χ4n) is 0.875. The van der Waals surface area contributed by atoms with Gasteiger partial charge in [0.05, 0.1) is 5.02 Å². The summed E-state index contributed by atoms with van der Waals surface area (Å²) in [6.07, 6.45) is 0. The van der Waals surface area contributed by atoms with Gasteiger partial charge in [0.25, 0.3) is 0 Å². The van der Waals surface area contributed by atoms with Gasteiger partial charge in [-0.25, -0.2) is 0 Å². The van der Waals surface area contributed by atoms with Gasteiger partial charge in [0.1, 0.15) is 11.5 Å². The first-order valence-corrected chi connectivity index (χ1v) is 4.13. The van der Waals surface area contributed by atoms with Gasteiger partial charge < -0.3 is 14.6 Å². The zero-order valence-corrected chi connectivity index (χ0v) is 8.26. The zero-order chi connectivity index (χ0) is 9.84. The lowest BCUT2D eigenvalue weighted by Crippen LogP contribution is -1.99. The predicted molar refractivity (Wildman–Crippen MR) is 50.4 cm³/mol. The van der Waals surface area contributed by atoms with Crippen LogP contribution in [0.25, 0.3) is 0 Å². The molecule has 0 fully saturated rings. The van der Waals surface area contributed by atoms with Gasteiger partial charge in [-0.3, -0.25) is 0 Å². The van der Waals surface area contributed by atoms with Gasteiger partial charge in [-0.1, -0.05) is 11.6 Å². The summed E-state index contributed by atoms with van der Waals surface area (Å²) in [5.41, 5.74) is 0.717. The second-order valence-corrected chi connectivity index (χ2v) is 3.03. The Hall–Kier alpha value is -0.930. The number of hydrogen-bond acceptors (Lipinski definition) is 3. The molecule has 0 unspecified atom stereocenters. The summed E-state index contributed by atoms with van der Waals surface area (Å²) in [5.74, 6) is 0.585. The summed E-state index contributed by atoms with van der Waals surface area (Å²) in [6.45, 7) is 1.88. The van der Waals surface area contributed by atoms with Crippen LogP contribution in [-0.2, 0) is 4.74 Å². The van der Waals surface area contributed by atoms with Crippen molar-refractivity contribution >= 4 is 11.6 Å². The molecule has 4 heteroatoms. The maximum absolute atomic E-state index is 9.34. The number of rotatable bonds is 3. The van der Waals surface area contributed by atoms with Gasteiger partial charge in [-0.05, 0) is 18.6 Å². The molecule has 0 aliphatic carbocycles. The van der Waals surface area contributed by atoms with E-state index >= 15 is 0 Å². The minimum Gasteiger partial charge on any atom is -0.508 e. The molecule has 0 amide bonds. The number of aryl methyl sites for hydroxylation is 1. The van der Waals surface area contributed by atoms with Crippen LogP contribution in [0.1, 0.15) is 5.56 Å². The van der Waals surface area contributed by atoms with Crippen molar-refractivity contribution < 1.29 is 14.6 Å². The van der Waals surface area contributed by atoms with E-state index in [4.69, 9.17) is 21.1 Å². The Labute approximate surface area is 81.9 Å². The predicted octanol–water partition coefficient (Wildman–Crippen LogP) is 2.34. The van der Waals surface area contributed by atoms with Gasteiger partial charge in [0.2, 0.25) is 0 Å². The van der Waals surface area contributed by atoms with Crippen molar-refractivity contribution in [2.24, 2.45) is 0 Å². The maximum Gasteiger partial charge on any atom is 0.188 e. The summed E-state index contributed by atoms with van der Waals surface area (Å²) in [4.78, 5) is 0. The van der Waals surface area contributed by atoms with Gasteiger partial charge in [0.15, 0.2) is 6.79 Å². The van der Waals surface area contributed by atoms with E-state index in [1.807, 2.05) is 0 Å². The van der Waals surface area contributed by atoms with Crippen molar-refractivity contribution in [1.82, 2.24) is 0 Å². The Morgan fingerprint density at radius 3 is 2.77 bits per heavy atom. The molecule has 1 rings (SSSR count). The van der Waals surface area contributed by atoms with Gasteiger partial charge in [-0.2, -0.15) is 0 Å². The number of phenols is 1. The van der Waals surface area contributed by atoms with Crippen molar-refractivity contribution in [2.45, 2.75) is 6.92 Å². The summed E-state index contributed by atoms with van der Waals surface area (Å²) >= 11 is 5.85. The molecule has 0 aromatic heterocycles. The average Bonchev–Trinajstić information content (AvgIpc) is 2.09. The van der Waals surface area contributed by atoms with Crippen molar-refractivity contribution in [1.29, 1.82) is 0 Å². The topological polar surface area (TPSA) is 38.7 Å². The fraction of sp³-hybridized carbons (Fsp3) is 0.333. The smallest absolute Gasteiger partial charge is 0.188 e. The third kappa shape index (κ3) is 2.50. The largest absolute Gasteiger partial charge is 0.508 e. The van der Waals surface area contributed by atoms with Gasteiger partial charge in [0, 0.05) is 13.2 Å². The van der Waals surface area contributed by atoms with Crippen LogP contribution in [0.5, 0.6) is 11.5 Å². The second-order valence-electron chi connectivity index (χ2n) is 2.62. The number of methoxy groups -OCH3 is 1. The summed E-state index contributed by atoms with van der Waals surface area (Å²) < 4.78 is 9.82. The number of hydrogen-bond donors (Lipinski definition) is 1. The lowest BCUT2D eigenvalue weighted by Gasteiger charge is -2.08. The Balaban J connectivity index is 2.88. The number of aromatic hydroxyl groups is 1. The molecule has 0 bridgehead atoms. The highest BCUT2D eigenvalue weighted by Gasteiger charge is 2.05. The van der Waals surface area contributed by atoms with E-state index in [9.17, 15) is 5.11 Å². The van der Waals surface area contributed by atoms with E-state index in [0.29, 0.717) is 10.8 Å². The van der Waals surface area contributed by atoms with Crippen LogP contribution < -0.4 is 4.74 Å². The lowest BCUT2D eigenvalue weighted by molar-refractivity contribution is 0.0510. The number of benzene rings is 1. The van der Waals surface area contributed by atoms with Crippen LogP contribution >= 0.6 is 11.6 Å². The first kappa shape index (κ1) is 10.2. The quantitative estimate of drug-likeness (QED) is 0.765. The number of halogens is 1. The van der Waals surface area contributed by atoms with Crippen molar-refractivity contribution in [3.8, 4) is 11.5 Å². The number of ether oxygens (including phenoxy) is 2. The fourth-order valence-corrected chi connectivity index (χ4v) is 1.15. The highest BCUT2D eigenvalue weighted by atomic mass is 35.5. The monoisotopic (exact) mass is 202 g/mol. The van der Waals surface area contributed by atoms with E-state index in [2.05, 4.69) is 0 Å². The molecule has 0 atom stereocenters. The second kappa shape index (κ2) is 4.35. The highest BCUT2D eigenvalue weighted by Crippen LogP contribution is 2.31. The van der Waals surface area contributed by atoms with Crippen LogP contribution in [0.4, 0.5) is 0 Å². The normalized spacial score (nSPS) is 10.1. The van der Waals surface area contributed by atoms with Crippen LogP contribution in [0.15, 0.2) is 12.1 Å². The Morgan fingerprint density at radius 2 is 2.15 bits per heavy atom. The molecule has 72 valence electrons. The molecule has 0 spiro atoms. The minimum atomic E-state index is 0.113. The molecule has 0 saturated heterocycles.